The highest BCUT2D eigenvalue weighted by molar-refractivity contribution is 7.26. The van der Waals surface area contributed by atoms with Crippen LogP contribution in [-0.4, -0.2) is 32.1 Å². The van der Waals surface area contributed by atoms with Gasteiger partial charge in [0.05, 0.1) is 31.9 Å². The molecule has 4 heterocycles. The predicted molar refractivity (Wildman–Crippen MR) is 271 cm³/mol. The molecule has 65 heavy (non-hydrogen) atoms. The zero-order valence-electron chi connectivity index (χ0n) is 34.0. The largest absolute Gasteiger partial charge is 0.478 e. The highest BCUT2D eigenvalue weighted by atomic mass is 32.1. The Hall–Kier alpha value is -7.82. The minimum absolute atomic E-state index is 0.203. The Morgan fingerprint density at radius 3 is 1.18 bits per heavy atom. The third-order valence-electron chi connectivity index (χ3n) is 12.6. The van der Waals surface area contributed by atoms with Crippen molar-refractivity contribution in [3.63, 3.8) is 0 Å². The van der Waals surface area contributed by atoms with Gasteiger partial charge < -0.3 is 10.2 Å². The molecule has 9 aromatic carbocycles. The molecule has 0 amide bonds. The number of hydrogen-bond donors (Lipinski definition) is 2. The maximum atomic E-state index is 12.5. The van der Waals surface area contributed by atoms with E-state index in [0.717, 1.165) is 75.6 Å². The van der Waals surface area contributed by atoms with E-state index in [-0.39, 0.29) is 11.1 Å². The zero-order chi connectivity index (χ0) is 43.5. The van der Waals surface area contributed by atoms with Gasteiger partial charge in [0, 0.05) is 51.1 Å². The average molecular weight is 891 g/mol. The highest BCUT2D eigenvalue weighted by Gasteiger charge is 2.24. The molecule has 0 saturated heterocycles. The van der Waals surface area contributed by atoms with Crippen LogP contribution in [0.1, 0.15) is 20.7 Å². The number of carbonyl (C=O) groups is 2. The molecule has 0 spiro atoms. The number of aromatic carboxylic acids is 2. The minimum Gasteiger partial charge on any atom is -0.478 e. The monoisotopic (exact) mass is 890 g/mol. The quantitative estimate of drug-likeness (QED) is 0.161. The topological polar surface area (TPSA) is 100 Å². The smallest absolute Gasteiger partial charge is 0.336 e. The van der Waals surface area contributed by atoms with Gasteiger partial charge in [-0.25, -0.2) is 19.6 Å². The first kappa shape index (κ1) is 37.7. The fraction of sp³-hybridized carbons (Fsp3) is 0. The van der Waals surface area contributed by atoms with Crippen molar-refractivity contribution in [2.75, 3.05) is 0 Å². The number of fused-ring (bicyclic) bond motifs is 13. The first-order valence-electron chi connectivity index (χ1n) is 21.0. The Balaban J connectivity index is 1.14. The summed E-state index contributed by atoms with van der Waals surface area (Å²) in [5.74, 6) is -2.02. The lowest BCUT2D eigenvalue weighted by Gasteiger charge is -2.14. The number of rotatable bonds is 6. The average Bonchev–Trinajstić information content (AvgIpc) is 4.04. The first-order valence-corrected chi connectivity index (χ1v) is 23.4. The van der Waals surface area contributed by atoms with Crippen LogP contribution < -0.4 is 0 Å². The molecule has 0 saturated carbocycles. The van der Waals surface area contributed by atoms with Crippen molar-refractivity contribution in [1.29, 1.82) is 0 Å². The molecule has 9 heteroatoms. The maximum absolute atomic E-state index is 12.5. The lowest BCUT2D eigenvalue weighted by molar-refractivity contribution is 0.0687. The van der Waals surface area contributed by atoms with Crippen LogP contribution in [0.15, 0.2) is 170 Å². The molecular formula is C56H30N2O4S3. The normalized spacial score (nSPS) is 11.9. The number of nitrogens with zero attached hydrogens (tertiary/aromatic N) is 2. The summed E-state index contributed by atoms with van der Waals surface area (Å²) in [6.45, 7) is 0. The van der Waals surface area contributed by atoms with Crippen molar-refractivity contribution in [3.05, 3.63) is 181 Å². The maximum Gasteiger partial charge on any atom is 0.336 e. The molecule has 0 unspecified atom stereocenters. The van der Waals surface area contributed by atoms with Crippen molar-refractivity contribution in [3.8, 4) is 43.1 Å². The van der Waals surface area contributed by atoms with Crippen LogP contribution in [0.25, 0.3) is 127 Å². The van der Waals surface area contributed by atoms with E-state index in [2.05, 4.69) is 84.9 Å². The third-order valence-corrected chi connectivity index (χ3v) is 16.2. The summed E-state index contributed by atoms with van der Waals surface area (Å²) in [7, 11) is 0. The SMILES string of the molecule is O=C(O)c1ccccc1-c1ccc2c(c1)c1cc(-c3ccccc3C(=O)O)ccc1c1nc3c(-c4ccc5sc6ccccc6c5c4)sc(-c4ccc5sc6ccccc6c5c4)c3nc21. The van der Waals surface area contributed by atoms with Crippen molar-refractivity contribution < 1.29 is 19.8 Å². The van der Waals surface area contributed by atoms with Crippen molar-refractivity contribution in [2.45, 2.75) is 0 Å². The lowest BCUT2D eigenvalue weighted by Crippen LogP contribution is -1.99. The summed E-state index contributed by atoms with van der Waals surface area (Å²) in [6.07, 6.45) is 0. The third kappa shape index (κ3) is 5.83. The molecule has 0 fully saturated rings. The van der Waals surface area contributed by atoms with Gasteiger partial charge in [0.25, 0.3) is 0 Å². The standard InChI is InChI=1S/C56H30N2O4S3/c59-55(60)39-13-3-1-9-33(39)29-17-21-37-41(25-29)42-26-30(34-10-2-4-14-40(34)56(61)62)18-22-38(42)50-49(37)57-51-52(58-50)54(32-20-24-48-44(28-32)36-12-6-8-16-46(36)64-48)65-53(51)31-19-23-47-43(27-31)35-11-5-7-15-45(35)63-47/h1-28H,(H,59,60)(H,61,62). The molecule has 0 aliphatic rings. The summed E-state index contributed by atoms with van der Waals surface area (Å²) in [5.41, 5.74) is 8.28. The van der Waals surface area contributed by atoms with Crippen molar-refractivity contribution in [2.24, 2.45) is 0 Å². The Labute approximate surface area is 381 Å². The molecule has 0 radical (unpaired) electrons. The number of carboxylic acid groups (broad SMARTS) is 2. The van der Waals surface area contributed by atoms with Gasteiger partial charge in [0.15, 0.2) is 0 Å². The number of aromatic nitrogens is 2. The second kappa shape index (κ2) is 14.4. The fourth-order valence-corrected chi connectivity index (χ4v) is 12.9. The van der Waals surface area contributed by atoms with Gasteiger partial charge in [0.1, 0.15) is 11.0 Å². The van der Waals surface area contributed by atoms with E-state index in [1.54, 1.807) is 58.3 Å². The molecule has 0 aliphatic carbocycles. The van der Waals surface area contributed by atoms with Crippen LogP contribution in [0, 0.1) is 0 Å². The molecule has 306 valence electrons. The Morgan fingerprint density at radius 1 is 0.338 bits per heavy atom. The van der Waals surface area contributed by atoms with Crippen molar-refractivity contribution in [1.82, 2.24) is 9.97 Å². The second-order valence-electron chi connectivity index (χ2n) is 16.2. The van der Waals surface area contributed by atoms with Crippen LogP contribution in [0.2, 0.25) is 0 Å². The first-order chi connectivity index (χ1) is 31.9. The van der Waals surface area contributed by atoms with Crippen LogP contribution in [0.4, 0.5) is 0 Å². The summed E-state index contributed by atoms with van der Waals surface area (Å²) < 4.78 is 4.95. The van der Waals surface area contributed by atoms with E-state index < -0.39 is 11.9 Å². The van der Waals surface area contributed by atoms with Gasteiger partial charge in [-0.3, -0.25) is 0 Å². The molecule has 2 N–H and O–H groups in total. The molecule has 13 rings (SSSR count). The van der Waals surface area contributed by atoms with Gasteiger partial charge in [0.2, 0.25) is 0 Å². The van der Waals surface area contributed by atoms with E-state index in [9.17, 15) is 19.8 Å². The van der Waals surface area contributed by atoms with Crippen LogP contribution in [0.3, 0.4) is 0 Å². The summed E-state index contributed by atoms with van der Waals surface area (Å²) in [5, 5.41) is 28.7. The summed E-state index contributed by atoms with van der Waals surface area (Å²) in [6, 6.07) is 56.6. The summed E-state index contributed by atoms with van der Waals surface area (Å²) in [4.78, 5) is 38.3. The van der Waals surface area contributed by atoms with E-state index in [1.165, 1.54) is 40.3 Å². The minimum atomic E-state index is -1.01. The molecule has 13 aromatic rings. The fourth-order valence-electron chi connectivity index (χ4n) is 9.58. The Morgan fingerprint density at radius 2 is 0.723 bits per heavy atom. The van der Waals surface area contributed by atoms with E-state index >= 15 is 0 Å². The Bertz CT molecular complexity index is 3950. The van der Waals surface area contributed by atoms with Crippen LogP contribution in [-0.2, 0) is 0 Å². The molecule has 6 nitrogen and oxygen atoms in total. The summed E-state index contributed by atoms with van der Waals surface area (Å²) >= 11 is 5.31. The zero-order valence-corrected chi connectivity index (χ0v) is 36.4. The molecule has 4 aromatic heterocycles. The highest BCUT2D eigenvalue weighted by Crippen LogP contribution is 2.48. The van der Waals surface area contributed by atoms with E-state index in [4.69, 9.17) is 9.97 Å². The molecule has 0 aliphatic heterocycles. The van der Waals surface area contributed by atoms with Gasteiger partial charge in [-0.15, -0.1) is 34.0 Å². The van der Waals surface area contributed by atoms with E-state index in [0.29, 0.717) is 11.1 Å². The Kier molecular flexibility index (Phi) is 8.33. The number of thiophene rings is 3. The van der Waals surface area contributed by atoms with E-state index in [1.807, 2.05) is 60.7 Å². The van der Waals surface area contributed by atoms with Gasteiger partial charge >= 0.3 is 11.9 Å². The molecule has 0 bridgehead atoms. The number of carboxylic acids is 2. The van der Waals surface area contributed by atoms with Crippen molar-refractivity contribution >= 4 is 130 Å². The predicted octanol–water partition coefficient (Wildman–Crippen LogP) is 16.0. The van der Waals surface area contributed by atoms with Gasteiger partial charge in [-0.2, -0.15) is 0 Å². The van der Waals surface area contributed by atoms with Gasteiger partial charge in [-0.1, -0.05) is 109 Å². The lowest BCUT2D eigenvalue weighted by atomic mass is 9.91. The molecular weight excluding hydrogens is 861 g/mol. The molecule has 0 atom stereocenters. The van der Waals surface area contributed by atoms with Gasteiger partial charge in [-0.05, 0) is 105 Å². The van der Waals surface area contributed by atoms with Crippen LogP contribution in [0.5, 0.6) is 0 Å². The number of hydrogen-bond acceptors (Lipinski definition) is 7. The number of benzene rings is 9. The van der Waals surface area contributed by atoms with Crippen LogP contribution >= 0.6 is 34.0 Å². The second-order valence-corrected chi connectivity index (χ2v) is 19.4.